The Balaban J connectivity index is 2.25. The topological polar surface area (TPSA) is 128 Å². The number of methoxy groups -OCH3 is 1. The number of halogens is 1. The molecule has 12 heteroatoms. The predicted molar refractivity (Wildman–Crippen MR) is 139 cm³/mol. The van der Waals surface area contributed by atoms with E-state index < -0.39 is 12.6 Å². The van der Waals surface area contributed by atoms with E-state index in [0.717, 1.165) is 11.3 Å². The average molecular weight is 519 g/mol. The van der Waals surface area contributed by atoms with Crippen LogP contribution in [0.1, 0.15) is 13.8 Å². The monoisotopic (exact) mass is 518 g/mol. The third kappa shape index (κ3) is 8.01. The van der Waals surface area contributed by atoms with Crippen LogP contribution in [0.2, 0.25) is 0 Å². The summed E-state index contributed by atoms with van der Waals surface area (Å²) in [6.45, 7) is 5.10. The highest BCUT2D eigenvalue weighted by molar-refractivity contribution is 7.07. The summed E-state index contributed by atoms with van der Waals surface area (Å²) < 4.78 is 19.3. The molecule has 1 heterocycles. The van der Waals surface area contributed by atoms with Crippen LogP contribution in [-0.2, 0) is 20.9 Å². The first kappa shape index (κ1) is 28.7. The van der Waals surface area contributed by atoms with E-state index >= 15 is 0 Å². The van der Waals surface area contributed by atoms with Crippen molar-refractivity contribution in [1.29, 1.82) is 5.26 Å². The number of aromatic nitrogens is 1. The van der Waals surface area contributed by atoms with Crippen molar-refractivity contribution in [2.45, 2.75) is 20.4 Å². The maximum absolute atomic E-state index is 12.8. The Morgan fingerprint density at radius 3 is 2.69 bits per heavy atom. The Morgan fingerprint density at radius 2 is 2.06 bits per heavy atom. The van der Waals surface area contributed by atoms with E-state index in [2.05, 4.69) is 16.0 Å². The van der Waals surface area contributed by atoms with Crippen LogP contribution in [0.3, 0.4) is 0 Å². The van der Waals surface area contributed by atoms with Gasteiger partial charge in [-0.2, -0.15) is 5.26 Å². The summed E-state index contributed by atoms with van der Waals surface area (Å²) in [6, 6.07) is 8.83. The second kappa shape index (κ2) is 14.8. The largest absolute Gasteiger partial charge is 0.383 e. The molecule has 0 aliphatic rings. The highest BCUT2D eigenvalue weighted by Crippen LogP contribution is 2.15. The lowest BCUT2D eigenvalue weighted by Gasteiger charge is -2.19. The molecule has 0 saturated heterocycles. The van der Waals surface area contributed by atoms with Crippen molar-refractivity contribution in [2.24, 2.45) is 0 Å². The van der Waals surface area contributed by atoms with Crippen molar-refractivity contribution in [1.82, 2.24) is 14.8 Å². The Kier molecular flexibility index (Phi) is 11.8. The molecule has 2 aromatic rings. The average Bonchev–Trinajstić information content (AvgIpc) is 3.19. The van der Waals surface area contributed by atoms with Crippen molar-refractivity contribution in [2.75, 3.05) is 57.2 Å². The van der Waals surface area contributed by atoms with Gasteiger partial charge in [-0.05, 0) is 31.7 Å². The van der Waals surface area contributed by atoms with E-state index in [1.165, 1.54) is 10.8 Å². The molecule has 0 atom stereocenters. The highest BCUT2D eigenvalue weighted by atomic mass is 32.1. The lowest BCUT2D eigenvalue weighted by molar-refractivity contribution is -0.117. The molecule has 0 radical (unpaired) electrons. The zero-order valence-corrected chi connectivity index (χ0v) is 21.4. The van der Waals surface area contributed by atoms with Crippen LogP contribution in [0.5, 0.6) is 0 Å². The molecular weight excluding hydrogens is 487 g/mol. The molecule has 0 saturated carbocycles. The minimum absolute atomic E-state index is 0.159. The number of rotatable bonds is 13. The van der Waals surface area contributed by atoms with Gasteiger partial charge >= 0.3 is 0 Å². The summed E-state index contributed by atoms with van der Waals surface area (Å²) in [5.41, 5.74) is 0.602. The van der Waals surface area contributed by atoms with Crippen molar-refractivity contribution < 1.29 is 18.7 Å². The third-order valence-corrected chi connectivity index (χ3v) is 6.23. The number of thiazole rings is 1. The number of nitrogens with zero attached hydrogens (tertiary/aromatic N) is 3. The number of nitriles is 1. The highest BCUT2D eigenvalue weighted by Gasteiger charge is 2.15. The fraction of sp³-hybridized carbons (Fsp3) is 0.417. The number of likely N-dealkylation sites (N-methyl/N-ethyl adjacent to an activating group) is 1. The fourth-order valence-corrected chi connectivity index (χ4v) is 4.33. The van der Waals surface area contributed by atoms with Gasteiger partial charge in [-0.25, -0.2) is 4.39 Å². The van der Waals surface area contributed by atoms with Crippen LogP contribution in [-0.4, -0.2) is 67.9 Å². The first-order valence-corrected chi connectivity index (χ1v) is 12.3. The number of ether oxygens (including phenoxy) is 1. The van der Waals surface area contributed by atoms with Crippen LogP contribution in [0.25, 0.3) is 11.8 Å². The van der Waals surface area contributed by atoms with E-state index in [9.17, 15) is 24.0 Å². The van der Waals surface area contributed by atoms with Crippen LogP contribution in [0.4, 0.5) is 15.8 Å². The maximum atomic E-state index is 12.8. The van der Waals surface area contributed by atoms with Gasteiger partial charge in [0.1, 0.15) is 21.9 Å². The van der Waals surface area contributed by atoms with Crippen LogP contribution in [0.15, 0.2) is 29.1 Å². The second-order valence-electron chi connectivity index (χ2n) is 7.53. The first-order valence-electron chi connectivity index (χ1n) is 11.4. The summed E-state index contributed by atoms with van der Waals surface area (Å²) >= 11 is 0.988. The Morgan fingerprint density at radius 1 is 1.31 bits per heavy atom. The van der Waals surface area contributed by atoms with Gasteiger partial charge < -0.3 is 20.7 Å². The normalized spacial score (nSPS) is 12.3. The number of alkyl halides is 1. The van der Waals surface area contributed by atoms with Gasteiger partial charge in [0.05, 0.1) is 13.2 Å². The molecule has 2 amide bonds. The third-order valence-electron chi connectivity index (χ3n) is 5.10. The van der Waals surface area contributed by atoms with Crippen LogP contribution < -0.4 is 30.7 Å². The Bertz CT molecular complexity index is 1270. The number of anilines is 2. The number of hydrogen-bond acceptors (Lipinski definition) is 8. The first-order chi connectivity index (χ1) is 17.4. The van der Waals surface area contributed by atoms with E-state index in [1.54, 1.807) is 38.3 Å². The van der Waals surface area contributed by atoms with Gasteiger partial charge in [0.25, 0.3) is 11.5 Å². The molecule has 36 heavy (non-hydrogen) atoms. The molecule has 3 N–H and O–H groups in total. The number of carbonyl (C=O) groups excluding carboxylic acids is 2. The SMILES string of the molecule is CCN(CCOC)CC(=O)Nc1cccc(N/C=c2/s/c(=C(/C#N)C(=O)NCCF)n(CC)c2=O)c1. The van der Waals surface area contributed by atoms with Gasteiger partial charge in [-0.3, -0.25) is 23.9 Å². The van der Waals surface area contributed by atoms with Crippen molar-refractivity contribution in [3.8, 4) is 6.07 Å². The maximum Gasteiger partial charge on any atom is 0.270 e. The molecule has 1 aromatic carbocycles. The summed E-state index contributed by atoms with van der Waals surface area (Å²) in [4.78, 5) is 39.5. The summed E-state index contributed by atoms with van der Waals surface area (Å²) in [6.07, 6.45) is 1.49. The zero-order valence-electron chi connectivity index (χ0n) is 20.6. The molecule has 0 fully saturated rings. The molecule has 0 aliphatic heterocycles. The van der Waals surface area contributed by atoms with Crippen molar-refractivity contribution in [3.05, 3.63) is 43.8 Å². The number of nitrogens with one attached hydrogen (secondary N) is 3. The van der Waals surface area contributed by atoms with Crippen LogP contribution in [0, 0.1) is 11.3 Å². The lowest BCUT2D eigenvalue weighted by Crippen LogP contribution is -2.35. The smallest absolute Gasteiger partial charge is 0.270 e. The number of carbonyl (C=O) groups is 2. The zero-order chi connectivity index (χ0) is 26.5. The molecule has 194 valence electrons. The standard InChI is InChI=1S/C24H31FN6O4S/c1-4-30(11-12-35-3)16-21(32)29-18-8-6-7-17(13-18)28-15-20-23(34)31(5-2)24(36-20)19(14-26)22(33)27-10-9-25/h6-8,13,15,28H,4-5,9-12,16H2,1-3H3,(H,27,33)(H,29,32)/b20-15+,24-19-. The molecule has 2 rings (SSSR count). The molecule has 0 unspecified atom stereocenters. The van der Waals surface area contributed by atoms with Gasteiger partial charge in [0.2, 0.25) is 5.91 Å². The molecular formula is C24H31FN6O4S. The quantitative estimate of drug-likeness (QED) is 0.351. The predicted octanol–water partition coefficient (Wildman–Crippen LogP) is 0.447. The number of amides is 2. The van der Waals surface area contributed by atoms with E-state index in [4.69, 9.17) is 4.74 Å². The van der Waals surface area contributed by atoms with E-state index in [0.29, 0.717) is 31.1 Å². The van der Waals surface area contributed by atoms with Crippen molar-refractivity contribution in [3.63, 3.8) is 0 Å². The Hall–Kier alpha value is -3.53. The summed E-state index contributed by atoms with van der Waals surface area (Å²) in [5.74, 6) is -0.890. The van der Waals surface area contributed by atoms with Gasteiger partial charge in [-0.15, -0.1) is 11.3 Å². The minimum Gasteiger partial charge on any atom is -0.383 e. The second-order valence-corrected chi connectivity index (χ2v) is 8.56. The molecule has 10 nitrogen and oxygen atoms in total. The van der Waals surface area contributed by atoms with E-state index in [-0.39, 0.29) is 45.9 Å². The Labute approximate surface area is 212 Å². The summed E-state index contributed by atoms with van der Waals surface area (Å²) in [7, 11) is 1.62. The molecule has 1 aromatic heterocycles. The molecule has 0 bridgehead atoms. The van der Waals surface area contributed by atoms with E-state index in [1.807, 2.05) is 17.9 Å². The number of benzene rings is 1. The lowest BCUT2D eigenvalue weighted by atomic mass is 10.2. The minimum atomic E-state index is -0.761. The fourth-order valence-electron chi connectivity index (χ4n) is 3.25. The molecule has 0 aliphatic carbocycles. The van der Waals surface area contributed by atoms with Crippen molar-refractivity contribution >= 4 is 46.3 Å². The number of hydrogen-bond donors (Lipinski definition) is 3. The van der Waals surface area contributed by atoms with Gasteiger partial charge in [0, 0.05) is 44.3 Å². The summed E-state index contributed by atoms with van der Waals surface area (Å²) in [5, 5.41) is 17.7. The van der Waals surface area contributed by atoms with Crippen LogP contribution >= 0.6 is 11.3 Å². The van der Waals surface area contributed by atoms with Gasteiger partial charge in [-0.1, -0.05) is 13.0 Å². The molecule has 0 spiro atoms. The van der Waals surface area contributed by atoms with Gasteiger partial charge in [0.15, 0.2) is 5.57 Å².